The highest BCUT2D eigenvalue weighted by Gasteiger charge is 2.33. The number of aliphatic hydroxyl groups is 1. The fourth-order valence-corrected chi connectivity index (χ4v) is 2.24. The van der Waals surface area contributed by atoms with Gasteiger partial charge in [0.25, 0.3) is 0 Å². The average molecular weight is 201 g/mol. The van der Waals surface area contributed by atoms with Crippen molar-refractivity contribution in [3.8, 4) is 0 Å². The Balaban J connectivity index is 2.42. The van der Waals surface area contributed by atoms with Crippen molar-refractivity contribution >= 4 is 0 Å². The Bertz CT molecular complexity index is 155. The van der Waals surface area contributed by atoms with Crippen LogP contribution in [-0.4, -0.2) is 50.0 Å². The molecule has 0 bridgehead atoms. The van der Waals surface area contributed by atoms with Crippen LogP contribution in [0.15, 0.2) is 0 Å². The minimum atomic E-state index is 0.00215. The monoisotopic (exact) mass is 201 g/mol. The third kappa shape index (κ3) is 3.23. The number of nitrogens with zero attached hydrogens (tertiary/aromatic N) is 1. The maximum atomic E-state index is 9.45. The molecule has 1 atom stereocenters. The maximum Gasteiger partial charge on any atom is 0.0556 e. The van der Waals surface area contributed by atoms with Gasteiger partial charge in [-0.05, 0) is 32.9 Å². The minimum absolute atomic E-state index is 0.00215. The number of ether oxygens (including phenoxy) is 1. The fraction of sp³-hybridized carbons (Fsp3) is 1.00. The summed E-state index contributed by atoms with van der Waals surface area (Å²) in [5, 5.41) is 9.45. The molecular weight excluding hydrogens is 178 g/mol. The van der Waals surface area contributed by atoms with Crippen molar-refractivity contribution in [3.05, 3.63) is 0 Å². The molecular formula is C11H23NO2. The predicted molar refractivity (Wildman–Crippen MR) is 57.4 cm³/mol. The van der Waals surface area contributed by atoms with Crippen LogP contribution in [0, 0.1) is 5.41 Å². The number of aliphatic hydroxyl groups excluding tert-OH is 1. The third-order valence-electron chi connectivity index (χ3n) is 2.95. The van der Waals surface area contributed by atoms with Gasteiger partial charge in [0, 0.05) is 18.6 Å². The van der Waals surface area contributed by atoms with Crippen LogP contribution in [0.25, 0.3) is 0 Å². The Morgan fingerprint density at radius 1 is 1.50 bits per heavy atom. The molecule has 1 fully saturated rings. The number of hydrogen-bond acceptors (Lipinski definition) is 3. The second-order valence-electron chi connectivity index (χ2n) is 4.55. The lowest BCUT2D eigenvalue weighted by Crippen LogP contribution is -2.44. The van der Waals surface area contributed by atoms with Crippen molar-refractivity contribution in [3.63, 3.8) is 0 Å². The molecule has 3 nitrogen and oxygen atoms in total. The lowest BCUT2D eigenvalue weighted by molar-refractivity contribution is -0.0521. The molecule has 1 N–H and O–H groups in total. The highest BCUT2D eigenvalue weighted by atomic mass is 16.5. The zero-order valence-electron chi connectivity index (χ0n) is 9.46. The minimum Gasteiger partial charge on any atom is -0.396 e. The van der Waals surface area contributed by atoms with Crippen molar-refractivity contribution in [1.82, 2.24) is 4.90 Å². The van der Waals surface area contributed by atoms with E-state index in [2.05, 4.69) is 18.9 Å². The third-order valence-corrected chi connectivity index (χ3v) is 2.95. The van der Waals surface area contributed by atoms with E-state index in [0.29, 0.717) is 0 Å². The Hall–Kier alpha value is -0.120. The van der Waals surface area contributed by atoms with Gasteiger partial charge in [0.1, 0.15) is 0 Å². The van der Waals surface area contributed by atoms with Crippen molar-refractivity contribution in [2.24, 2.45) is 5.41 Å². The van der Waals surface area contributed by atoms with Crippen LogP contribution in [-0.2, 0) is 4.74 Å². The summed E-state index contributed by atoms with van der Waals surface area (Å²) < 4.78 is 5.47. The van der Waals surface area contributed by atoms with Gasteiger partial charge in [0.05, 0.1) is 13.2 Å². The van der Waals surface area contributed by atoms with Crippen molar-refractivity contribution in [2.75, 3.05) is 40.0 Å². The van der Waals surface area contributed by atoms with E-state index in [1.54, 1.807) is 0 Å². The lowest BCUT2D eigenvalue weighted by atomic mass is 9.83. The van der Waals surface area contributed by atoms with Crippen LogP contribution in [0.1, 0.15) is 26.2 Å². The van der Waals surface area contributed by atoms with Gasteiger partial charge in [0.15, 0.2) is 0 Å². The molecule has 14 heavy (non-hydrogen) atoms. The van der Waals surface area contributed by atoms with E-state index in [0.717, 1.165) is 39.1 Å². The van der Waals surface area contributed by atoms with E-state index in [1.165, 1.54) is 6.42 Å². The Kier molecular flexibility index (Phi) is 4.85. The molecule has 0 aromatic heterocycles. The molecule has 1 aliphatic rings. The Morgan fingerprint density at radius 2 is 2.29 bits per heavy atom. The first-order valence-electron chi connectivity index (χ1n) is 5.59. The van der Waals surface area contributed by atoms with Gasteiger partial charge in [-0.1, -0.05) is 6.92 Å². The van der Waals surface area contributed by atoms with Gasteiger partial charge >= 0.3 is 0 Å². The van der Waals surface area contributed by atoms with E-state index in [-0.39, 0.29) is 12.0 Å². The summed E-state index contributed by atoms with van der Waals surface area (Å²) in [7, 11) is 2.12. The average Bonchev–Trinajstić information content (AvgIpc) is 2.19. The molecule has 1 heterocycles. The summed E-state index contributed by atoms with van der Waals surface area (Å²) in [6.07, 6.45) is 3.34. The quantitative estimate of drug-likeness (QED) is 0.723. The first-order chi connectivity index (χ1) is 6.72. The van der Waals surface area contributed by atoms with E-state index in [1.807, 2.05) is 0 Å². The normalized spacial score (nSPS) is 28.3. The molecule has 1 saturated heterocycles. The van der Waals surface area contributed by atoms with Crippen LogP contribution >= 0.6 is 0 Å². The molecule has 0 saturated carbocycles. The van der Waals surface area contributed by atoms with E-state index in [4.69, 9.17) is 4.74 Å². The van der Waals surface area contributed by atoms with Crippen molar-refractivity contribution in [2.45, 2.75) is 26.2 Å². The summed E-state index contributed by atoms with van der Waals surface area (Å²) in [5.41, 5.74) is 0.00215. The Labute approximate surface area is 87.1 Å². The summed E-state index contributed by atoms with van der Waals surface area (Å²) in [5.74, 6) is 0. The topological polar surface area (TPSA) is 32.7 Å². The van der Waals surface area contributed by atoms with Gasteiger partial charge < -0.3 is 14.7 Å². The molecule has 0 aromatic carbocycles. The highest BCUT2D eigenvalue weighted by molar-refractivity contribution is 4.83. The van der Waals surface area contributed by atoms with Crippen LogP contribution < -0.4 is 0 Å². The molecule has 0 radical (unpaired) electrons. The van der Waals surface area contributed by atoms with Crippen LogP contribution in [0.5, 0.6) is 0 Å². The van der Waals surface area contributed by atoms with Gasteiger partial charge in [-0.2, -0.15) is 0 Å². The molecule has 1 unspecified atom stereocenters. The molecule has 0 aliphatic carbocycles. The molecule has 1 rings (SSSR count). The van der Waals surface area contributed by atoms with Gasteiger partial charge in [-0.25, -0.2) is 0 Å². The zero-order valence-corrected chi connectivity index (χ0v) is 9.46. The van der Waals surface area contributed by atoms with Crippen LogP contribution in [0.4, 0.5) is 0 Å². The molecule has 0 spiro atoms. The summed E-state index contributed by atoms with van der Waals surface area (Å²) >= 11 is 0. The summed E-state index contributed by atoms with van der Waals surface area (Å²) in [4.78, 5) is 2.30. The van der Waals surface area contributed by atoms with Gasteiger partial charge in [-0.3, -0.25) is 0 Å². The second kappa shape index (κ2) is 5.69. The molecule has 0 amide bonds. The van der Waals surface area contributed by atoms with Crippen LogP contribution in [0.2, 0.25) is 0 Å². The SMILES string of the molecule is CCCN(C)CC1(CO)CCCOC1. The second-order valence-corrected chi connectivity index (χ2v) is 4.55. The molecule has 1 aliphatic heterocycles. The zero-order chi connectivity index (χ0) is 10.4. The van der Waals surface area contributed by atoms with Gasteiger partial charge in [0.2, 0.25) is 0 Å². The van der Waals surface area contributed by atoms with E-state index >= 15 is 0 Å². The predicted octanol–water partition coefficient (Wildman–Crippen LogP) is 1.12. The number of rotatable bonds is 5. The van der Waals surface area contributed by atoms with Crippen LogP contribution in [0.3, 0.4) is 0 Å². The first kappa shape index (κ1) is 12.0. The standard InChI is InChI=1S/C11H23NO2/c1-3-6-12(2)8-11(9-13)5-4-7-14-10-11/h13H,3-10H2,1-2H3. The molecule has 3 heteroatoms. The lowest BCUT2D eigenvalue weighted by Gasteiger charge is -2.38. The highest BCUT2D eigenvalue weighted by Crippen LogP contribution is 2.28. The smallest absolute Gasteiger partial charge is 0.0556 e. The molecule has 84 valence electrons. The fourth-order valence-electron chi connectivity index (χ4n) is 2.24. The molecule has 0 aromatic rings. The summed E-state index contributed by atoms with van der Waals surface area (Å²) in [6.45, 7) is 6.07. The van der Waals surface area contributed by atoms with Crippen molar-refractivity contribution < 1.29 is 9.84 Å². The van der Waals surface area contributed by atoms with E-state index in [9.17, 15) is 5.11 Å². The van der Waals surface area contributed by atoms with Crippen molar-refractivity contribution in [1.29, 1.82) is 0 Å². The van der Waals surface area contributed by atoms with Gasteiger partial charge in [-0.15, -0.1) is 0 Å². The van der Waals surface area contributed by atoms with E-state index < -0.39 is 0 Å². The Morgan fingerprint density at radius 3 is 2.79 bits per heavy atom. The largest absolute Gasteiger partial charge is 0.396 e. The summed E-state index contributed by atoms with van der Waals surface area (Å²) in [6, 6.07) is 0. The maximum absolute atomic E-state index is 9.45. The first-order valence-corrected chi connectivity index (χ1v) is 5.59. The number of hydrogen-bond donors (Lipinski definition) is 1.